The van der Waals surface area contributed by atoms with Crippen molar-refractivity contribution in [2.45, 2.75) is 31.6 Å². The van der Waals surface area contributed by atoms with E-state index >= 15 is 0 Å². The summed E-state index contributed by atoms with van der Waals surface area (Å²) in [5.41, 5.74) is 2.62. The molecule has 1 aliphatic heterocycles. The standard InChI is InChI=1S/C18H21NOS/c1-18(2,3)17-20-19(15-12-8-5-9-13-15)16(21-17)14-10-6-4-7-11-14/h4-13,16-17H,1-3H3. The Morgan fingerprint density at radius 3 is 2.05 bits per heavy atom. The number of hydrogen-bond acceptors (Lipinski definition) is 3. The average Bonchev–Trinajstić information content (AvgIpc) is 2.94. The van der Waals surface area contributed by atoms with Crippen molar-refractivity contribution >= 4 is 17.4 Å². The molecule has 2 aromatic rings. The fourth-order valence-corrected chi connectivity index (χ4v) is 3.70. The molecular weight excluding hydrogens is 278 g/mol. The molecule has 0 amide bonds. The van der Waals surface area contributed by atoms with Crippen LogP contribution < -0.4 is 5.06 Å². The lowest BCUT2D eigenvalue weighted by atomic mass is 9.98. The molecule has 0 radical (unpaired) electrons. The van der Waals surface area contributed by atoms with Crippen molar-refractivity contribution in [2.75, 3.05) is 5.06 Å². The SMILES string of the molecule is CC(C)(C)C1ON(c2ccccc2)C(c2ccccc2)S1. The number of nitrogens with zero attached hydrogens (tertiary/aromatic N) is 1. The maximum absolute atomic E-state index is 6.28. The number of benzene rings is 2. The van der Waals surface area contributed by atoms with Crippen molar-refractivity contribution < 1.29 is 4.84 Å². The third-order valence-corrected chi connectivity index (χ3v) is 5.24. The molecule has 2 nitrogen and oxygen atoms in total. The lowest BCUT2D eigenvalue weighted by Crippen LogP contribution is -2.27. The van der Waals surface area contributed by atoms with E-state index in [0.717, 1.165) is 5.69 Å². The van der Waals surface area contributed by atoms with Crippen LogP contribution in [-0.4, -0.2) is 5.44 Å². The Morgan fingerprint density at radius 1 is 0.905 bits per heavy atom. The van der Waals surface area contributed by atoms with E-state index in [1.807, 2.05) is 17.8 Å². The van der Waals surface area contributed by atoms with Gasteiger partial charge in [-0.3, -0.25) is 4.84 Å². The minimum absolute atomic E-state index is 0.0984. The van der Waals surface area contributed by atoms with E-state index in [1.165, 1.54) is 5.56 Å². The second kappa shape index (κ2) is 5.74. The molecule has 2 unspecified atom stereocenters. The summed E-state index contributed by atoms with van der Waals surface area (Å²) in [6.07, 6.45) is 0. The molecule has 1 heterocycles. The molecule has 2 aromatic carbocycles. The summed E-state index contributed by atoms with van der Waals surface area (Å²) < 4.78 is 0. The van der Waals surface area contributed by atoms with E-state index in [2.05, 4.69) is 80.4 Å². The van der Waals surface area contributed by atoms with Gasteiger partial charge in [0.05, 0.1) is 5.69 Å². The predicted molar refractivity (Wildman–Crippen MR) is 90.0 cm³/mol. The largest absolute Gasteiger partial charge is 0.257 e. The monoisotopic (exact) mass is 299 g/mol. The molecule has 3 heteroatoms. The van der Waals surface area contributed by atoms with E-state index < -0.39 is 0 Å². The van der Waals surface area contributed by atoms with Crippen LogP contribution in [-0.2, 0) is 4.84 Å². The summed E-state index contributed by atoms with van der Waals surface area (Å²) in [4.78, 5) is 6.28. The summed E-state index contributed by atoms with van der Waals surface area (Å²) >= 11 is 1.88. The molecular formula is C18H21NOS. The lowest BCUT2D eigenvalue weighted by Gasteiger charge is -2.26. The molecule has 21 heavy (non-hydrogen) atoms. The summed E-state index contributed by atoms with van der Waals surface area (Å²) in [5.74, 6) is 0. The van der Waals surface area contributed by atoms with Gasteiger partial charge < -0.3 is 0 Å². The minimum atomic E-state index is 0.0984. The first-order valence-corrected chi connectivity index (χ1v) is 8.21. The van der Waals surface area contributed by atoms with Crippen LogP contribution in [0.1, 0.15) is 31.7 Å². The summed E-state index contributed by atoms with van der Waals surface area (Å²) in [6, 6.07) is 20.9. The maximum atomic E-state index is 6.28. The first kappa shape index (κ1) is 14.5. The Hall–Kier alpha value is -1.45. The molecule has 1 saturated heterocycles. The zero-order chi connectivity index (χ0) is 14.9. The molecule has 2 atom stereocenters. The number of para-hydroxylation sites is 1. The fraction of sp³-hybridized carbons (Fsp3) is 0.333. The van der Waals surface area contributed by atoms with Crippen LogP contribution in [0.5, 0.6) is 0 Å². The Kier molecular flexibility index (Phi) is 3.96. The minimum Gasteiger partial charge on any atom is -0.257 e. The number of hydrogen-bond donors (Lipinski definition) is 0. The van der Waals surface area contributed by atoms with E-state index in [1.54, 1.807) is 0 Å². The molecule has 1 fully saturated rings. The van der Waals surface area contributed by atoms with Crippen molar-refractivity contribution in [1.29, 1.82) is 0 Å². The maximum Gasteiger partial charge on any atom is 0.138 e. The van der Waals surface area contributed by atoms with Crippen LogP contribution in [0.15, 0.2) is 60.7 Å². The number of hydroxylamine groups is 1. The zero-order valence-electron chi connectivity index (χ0n) is 12.7. The van der Waals surface area contributed by atoms with Gasteiger partial charge in [-0.2, -0.15) is 0 Å². The molecule has 3 rings (SSSR count). The van der Waals surface area contributed by atoms with Crippen LogP contribution in [0.25, 0.3) is 0 Å². The molecule has 0 saturated carbocycles. The van der Waals surface area contributed by atoms with E-state index in [0.29, 0.717) is 0 Å². The zero-order valence-corrected chi connectivity index (χ0v) is 13.5. The van der Waals surface area contributed by atoms with Crippen molar-refractivity contribution in [2.24, 2.45) is 5.41 Å². The quantitative estimate of drug-likeness (QED) is 0.752. The highest BCUT2D eigenvalue weighted by atomic mass is 32.2. The third-order valence-electron chi connectivity index (χ3n) is 3.48. The van der Waals surface area contributed by atoms with Crippen LogP contribution in [0.2, 0.25) is 0 Å². The Labute approximate surface area is 131 Å². The second-order valence-electron chi connectivity index (χ2n) is 6.36. The van der Waals surface area contributed by atoms with Crippen LogP contribution in [0.3, 0.4) is 0 Å². The van der Waals surface area contributed by atoms with Crippen LogP contribution in [0.4, 0.5) is 5.69 Å². The van der Waals surface area contributed by atoms with E-state index in [9.17, 15) is 0 Å². The molecule has 0 aromatic heterocycles. The highest BCUT2D eigenvalue weighted by molar-refractivity contribution is 8.00. The number of anilines is 1. The van der Waals surface area contributed by atoms with Crippen molar-refractivity contribution in [1.82, 2.24) is 0 Å². The van der Waals surface area contributed by atoms with Gasteiger partial charge in [-0.15, -0.1) is 0 Å². The Bertz CT molecular complexity index is 532. The summed E-state index contributed by atoms with van der Waals surface area (Å²) in [7, 11) is 0. The highest BCUT2D eigenvalue weighted by Gasteiger charge is 2.41. The van der Waals surface area contributed by atoms with Gasteiger partial charge in [-0.1, -0.05) is 81.1 Å². The van der Waals surface area contributed by atoms with Gasteiger partial charge in [0, 0.05) is 5.41 Å². The average molecular weight is 299 g/mol. The van der Waals surface area contributed by atoms with Gasteiger partial charge in [-0.05, 0) is 17.7 Å². The van der Waals surface area contributed by atoms with Crippen molar-refractivity contribution in [3.05, 3.63) is 66.2 Å². The summed E-state index contributed by atoms with van der Waals surface area (Å²) in [6.45, 7) is 6.67. The molecule has 0 N–H and O–H groups in total. The molecule has 1 aliphatic rings. The van der Waals surface area contributed by atoms with Crippen molar-refractivity contribution in [3.63, 3.8) is 0 Å². The topological polar surface area (TPSA) is 12.5 Å². The second-order valence-corrected chi connectivity index (χ2v) is 7.51. The van der Waals surface area contributed by atoms with Gasteiger partial charge >= 0.3 is 0 Å². The van der Waals surface area contributed by atoms with Crippen molar-refractivity contribution in [3.8, 4) is 0 Å². The number of thioether (sulfide) groups is 1. The van der Waals surface area contributed by atoms with Gasteiger partial charge in [0.2, 0.25) is 0 Å². The van der Waals surface area contributed by atoms with Gasteiger partial charge in [0.15, 0.2) is 0 Å². The predicted octanol–water partition coefficient (Wildman–Crippen LogP) is 5.24. The number of rotatable bonds is 2. The van der Waals surface area contributed by atoms with E-state index in [4.69, 9.17) is 4.84 Å². The lowest BCUT2D eigenvalue weighted by molar-refractivity contribution is 0.0395. The van der Waals surface area contributed by atoms with E-state index in [-0.39, 0.29) is 16.2 Å². The molecule has 0 aliphatic carbocycles. The molecule has 0 bridgehead atoms. The Balaban J connectivity index is 1.95. The van der Waals surface area contributed by atoms with Gasteiger partial charge in [0.1, 0.15) is 10.8 Å². The fourth-order valence-electron chi connectivity index (χ4n) is 2.32. The summed E-state index contributed by atoms with van der Waals surface area (Å²) in [5, 5.41) is 2.24. The van der Waals surface area contributed by atoms with Crippen LogP contribution in [0, 0.1) is 5.41 Å². The first-order valence-electron chi connectivity index (χ1n) is 7.27. The van der Waals surface area contributed by atoms with Crippen LogP contribution >= 0.6 is 11.8 Å². The molecule has 0 spiro atoms. The highest BCUT2D eigenvalue weighted by Crippen LogP contribution is 2.50. The normalized spacial score (nSPS) is 22.5. The van der Waals surface area contributed by atoms with Gasteiger partial charge in [-0.25, -0.2) is 5.06 Å². The molecule has 110 valence electrons. The van der Waals surface area contributed by atoms with Gasteiger partial charge in [0.25, 0.3) is 0 Å². The smallest absolute Gasteiger partial charge is 0.138 e. The Morgan fingerprint density at radius 2 is 1.48 bits per heavy atom. The first-order chi connectivity index (χ1) is 10.1. The third kappa shape index (κ3) is 3.09.